The van der Waals surface area contributed by atoms with E-state index in [1.165, 1.54) is 55.6 Å². The highest BCUT2D eigenvalue weighted by atomic mass is 15.0. The van der Waals surface area contributed by atoms with Gasteiger partial charge in [-0.1, -0.05) is 194 Å². The lowest BCUT2D eigenvalue weighted by molar-refractivity contribution is 0.794. The molecule has 63 heavy (non-hydrogen) atoms. The van der Waals surface area contributed by atoms with Crippen LogP contribution in [-0.4, -0.2) is 19.9 Å². The predicted octanol–water partition coefficient (Wildman–Crippen LogP) is 14.3. The number of rotatable bonds is 5. The molecule has 2 aliphatic carbocycles. The molecule has 2 aromatic heterocycles. The van der Waals surface area contributed by atoms with Crippen LogP contribution in [-0.2, 0) is 5.41 Å². The van der Waals surface area contributed by atoms with Crippen molar-refractivity contribution in [1.82, 2.24) is 19.9 Å². The summed E-state index contributed by atoms with van der Waals surface area (Å²) in [5.41, 5.74) is 18.6. The summed E-state index contributed by atoms with van der Waals surface area (Å²) in [4.78, 5) is 19.9. The van der Waals surface area contributed by atoms with Gasteiger partial charge in [-0.2, -0.15) is 0 Å². The van der Waals surface area contributed by atoms with Crippen molar-refractivity contribution in [1.29, 1.82) is 0 Å². The molecule has 0 N–H and O–H groups in total. The molecule has 292 valence electrons. The smallest absolute Gasteiger partial charge is 0.164 e. The summed E-state index contributed by atoms with van der Waals surface area (Å²) >= 11 is 0. The van der Waals surface area contributed by atoms with Gasteiger partial charge in [0, 0.05) is 33.8 Å². The van der Waals surface area contributed by atoms with Gasteiger partial charge in [-0.05, 0) is 90.2 Å². The number of pyridine rings is 1. The average Bonchev–Trinajstić information content (AvgIpc) is 3.84. The van der Waals surface area contributed by atoms with E-state index >= 15 is 0 Å². The van der Waals surface area contributed by atoms with E-state index in [1.54, 1.807) is 0 Å². The molecule has 2 heterocycles. The summed E-state index contributed by atoms with van der Waals surface area (Å²) < 4.78 is 0. The van der Waals surface area contributed by atoms with Gasteiger partial charge in [-0.15, -0.1) is 0 Å². The molecule has 0 aliphatic heterocycles. The van der Waals surface area contributed by atoms with Crippen molar-refractivity contribution < 1.29 is 0 Å². The largest absolute Gasteiger partial charge is 0.256 e. The van der Waals surface area contributed by atoms with E-state index in [0.717, 1.165) is 49.5 Å². The predicted molar refractivity (Wildman–Crippen MR) is 256 cm³/mol. The van der Waals surface area contributed by atoms with Crippen LogP contribution in [0, 0.1) is 0 Å². The lowest BCUT2D eigenvalue weighted by atomic mass is 9.70. The highest BCUT2D eigenvalue weighted by Crippen LogP contribution is 2.64. The van der Waals surface area contributed by atoms with E-state index < -0.39 is 0 Å². The molecule has 0 saturated heterocycles. The molecule has 0 unspecified atom stereocenters. The minimum absolute atomic E-state index is 0.376. The first-order valence-corrected chi connectivity index (χ1v) is 21.5. The van der Waals surface area contributed by atoms with Crippen LogP contribution in [0.25, 0.3) is 100 Å². The molecule has 0 fully saturated rings. The van der Waals surface area contributed by atoms with Crippen molar-refractivity contribution >= 4 is 21.7 Å². The van der Waals surface area contributed by atoms with Crippen LogP contribution in [0.1, 0.15) is 22.3 Å². The summed E-state index contributed by atoms with van der Waals surface area (Å²) in [6, 6.07) is 76.2. The fourth-order valence-corrected chi connectivity index (χ4v) is 10.4. The van der Waals surface area contributed by atoms with Crippen LogP contribution in [0.3, 0.4) is 0 Å². The molecule has 13 rings (SSSR count). The maximum Gasteiger partial charge on any atom is 0.164 e. The Bertz CT molecular complexity index is 3580. The van der Waals surface area contributed by atoms with Crippen LogP contribution < -0.4 is 0 Å². The van der Waals surface area contributed by atoms with E-state index in [9.17, 15) is 0 Å². The second-order valence-corrected chi connectivity index (χ2v) is 16.5. The van der Waals surface area contributed by atoms with Crippen molar-refractivity contribution in [2.45, 2.75) is 5.41 Å². The SMILES string of the molecule is c1ccc(-c2nc(-c3ccc(-c4cccc5cccnc45)cc3)nc(-c3ccc4cc(-c5cccc6c5-c5ccccc5C65c6ccccc6-c6ccccc65)ccc4c3)n2)cc1. The molecule has 4 heteroatoms. The topological polar surface area (TPSA) is 51.6 Å². The molecule has 11 aromatic rings. The Kier molecular flexibility index (Phi) is 7.79. The highest BCUT2D eigenvalue weighted by Gasteiger charge is 2.51. The summed E-state index contributed by atoms with van der Waals surface area (Å²) in [5, 5.41) is 3.39. The Hall–Kier alpha value is -8.34. The Labute approximate surface area is 364 Å². The molecule has 0 amide bonds. The maximum absolute atomic E-state index is 5.12. The number of hydrogen-bond acceptors (Lipinski definition) is 4. The molecule has 1 spiro atoms. The van der Waals surface area contributed by atoms with Crippen molar-refractivity contribution in [2.24, 2.45) is 0 Å². The minimum Gasteiger partial charge on any atom is -0.256 e. The summed E-state index contributed by atoms with van der Waals surface area (Å²) in [6.07, 6.45) is 1.85. The number of fused-ring (bicyclic) bond motifs is 12. The zero-order valence-electron chi connectivity index (χ0n) is 34.1. The summed E-state index contributed by atoms with van der Waals surface area (Å²) in [6.45, 7) is 0. The van der Waals surface area contributed by atoms with Crippen molar-refractivity contribution in [3.63, 3.8) is 0 Å². The van der Waals surface area contributed by atoms with Crippen LogP contribution in [0.15, 0.2) is 219 Å². The zero-order valence-corrected chi connectivity index (χ0v) is 34.1. The van der Waals surface area contributed by atoms with Gasteiger partial charge < -0.3 is 0 Å². The lowest BCUT2D eigenvalue weighted by Crippen LogP contribution is -2.25. The minimum atomic E-state index is -0.376. The van der Waals surface area contributed by atoms with Gasteiger partial charge in [0.1, 0.15) is 0 Å². The number of benzene rings is 9. The molecule has 9 aromatic carbocycles. The van der Waals surface area contributed by atoms with Crippen LogP contribution in [0.2, 0.25) is 0 Å². The molecule has 0 radical (unpaired) electrons. The van der Waals surface area contributed by atoms with Gasteiger partial charge in [0.25, 0.3) is 0 Å². The first kappa shape index (κ1) is 35.4. The highest BCUT2D eigenvalue weighted by molar-refractivity contribution is 6.01. The van der Waals surface area contributed by atoms with Gasteiger partial charge >= 0.3 is 0 Å². The van der Waals surface area contributed by atoms with Gasteiger partial charge in [-0.3, -0.25) is 4.98 Å². The first-order valence-electron chi connectivity index (χ1n) is 21.5. The zero-order chi connectivity index (χ0) is 41.5. The third-order valence-electron chi connectivity index (χ3n) is 13.2. The molecule has 4 nitrogen and oxygen atoms in total. The Morgan fingerprint density at radius 3 is 1.48 bits per heavy atom. The normalized spacial score (nSPS) is 12.9. The third kappa shape index (κ3) is 5.35. The second kappa shape index (κ2) is 13.8. The van der Waals surface area contributed by atoms with E-state index in [2.05, 4.69) is 181 Å². The van der Waals surface area contributed by atoms with Crippen molar-refractivity contribution in [2.75, 3.05) is 0 Å². The molecule has 0 atom stereocenters. The molecule has 0 saturated carbocycles. The quantitative estimate of drug-likeness (QED) is 0.174. The number of para-hydroxylation sites is 1. The van der Waals surface area contributed by atoms with Gasteiger partial charge in [-0.25, -0.2) is 15.0 Å². The Balaban J connectivity index is 0.907. The van der Waals surface area contributed by atoms with Crippen molar-refractivity contribution in [3.8, 4) is 78.7 Å². The van der Waals surface area contributed by atoms with Crippen LogP contribution in [0.4, 0.5) is 0 Å². The van der Waals surface area contributed by atoms with Gasteiger partial charge in [0.05, 0.1) is 10.9 Å². The van der Waals surface area contributed by atoms with Crippen LogP contribution >= 0.6 is 0 Å². The van der Waals surface area contributed by atoms with Crippen LogP contribution in [0.5, 0.6) is 0 Å². The standard InChI is InChI=1S/C59H36N4/c1-2-13-39(14-3-1)56-61-57(40-28-26-37(27-29-40)46-21-10-15-38-16-12-34-60-55(38)46)63-58(62-56)44-33-31-41-35-43(32-30-42(41)36-44)45-20-11-25-53-54(45)49-19-6-9-24-52(49)59(53)50-22-7-4-17-47(50)48-18-5-8-23-51(48)59/h1-36H. The van der Waals surface area contributed by atoms with Gasteiger partial charge in [0.15, 0.2) is 17.5 Å². The molecular weight excluding hydrogens is 765 g/mol. The lowest BCUT2D eigenvalue weighted by Gasteiger charge is -2.30. The number of hydrogen-bond donors (Lipinski definition) is 0. The van der Waals surface area contributed by atoms with E-state index in [1.807, 2.05) is 42.6 Å². The monoisotopic (exact) mass is 800 g/mol. The van der Waals surface area contributed by atoms with E-state index in [-0.39, 0.29) is 5.41 Å². The number of aromatic nitrogens is 4. The Morgan fingerprint density at radius 2 is 0.762 bits per heavy atom. The molecule has 2 aliphatic rings. The molecule has 0 bridgehead atoms. The summed E-state index contributed by atoms with van der Waals surface area (Å²) in [7, 11) is 0. The Morgan fingerprint density at radius 1 is 0.286 bits per heavy atom. The fourth-order valence-electron chi connectivity index (χ4n) is 10.4. The molecular formula is C59H36N4. The van der Waals surface area contributed by atoms with Gasteiger partial charge in [0.2, 0.25) is 0 Å². The fraction of sp³-hybridized carbons (Fsp3) is 0.0169. The summed E-state index contributed by atoms with van der Waals surface area (Å²) in [5.74, 6) is 1.89. The van der Waals surface area contributed by atoms with E-state index in [4.69, 9.17) is 15.0 Å². The first-order chi connectivity index (χ1) is 31.2. The average molecular weight is 801 g/mol. The second-order valence-electron chi connectivity index (χ2n) is 16.5. The van der Waals surface area contributed by atoms with E-state index in [0.29, 0.717) is 17.5 Å². The maximum atomic E-state index is 5.12. The number of nitrogens with zero attached hydrogens (tertiary/aromatic N) is 4. The third-order valence-corrected chi connectivity index (χ3v) is 13.2. The van der Waals surface area contributed by atoms with Crippen molar-refractivity contribution in [3.05, 3.63) is 241 Å².